The van der Waals surface area contributed by atoms with Gasteiger partial charge in [0, 0.05) is 13.5 Å². The van der Waals surface area contributed by atoms with Crippen molar-refractivity contribution in [2.24, 2.45) is 7.05 Å². The summed E-state index contributed by atoms with van der Waals surface area (Å²) in [5, 5.41) is 0. The summed E-state index contributed by atoms with van der Waals surface area (Å²) in [5.74, 6) is 0.674. The number of benzene rings is 1. The van der Waals surface area contributed by atoms with E-state index in [1.807, 2.05) is 24.6 Å². The smallest absolute Gasteiger partial charge is 0.151 e. The first-order chi connectivity index (χ1) is 7.65. The van der Waals surface area contributed by atoms with E-state index < -0.39 is 0 Å². The fraction of sp³-hybridized carbons (Fsp3) is 0.462. The van der Waals surface area contributed by atoms with E-state index >= 15 is 0 Å². The lowest BCUT2D eigenvalue weighted by Gasteiger charge is -1.97. The molecule has 0 fully saturated rings. The monoisotopic (exact) mass is 222 g/mol. The standard InChI is InChI=1S/C10H11FN2.C3H8/c1-3-9-12-10-7(11)5-4-6-8(10)13(9)2;1-3-2/h4-6H,3H2,1-2H3;3H2,1-2H3. The average Bonchev–Trinajstić information content (AvgIpc) is 2.59. The molecule has 0 saturated heterocycles. The number of nitrogens with zero attached hydrogens (tertiary/aromatic N) is 2. The molecule has 2 nitrogen and oxygen atoms in total. The SMILES string of the molecule is CCC.CCc1nc2c(F)cccc2n1C. The Balaban J connectivity index is 0.000000386. The summed E-state index contributed by atoms with van der Waals surface area (Å²) in [5.41, 5.74) is 1.33. The summed E-state index contributed by atoms with van der Waals surface area (Å²) in [4.78, 5) is 4.22. The fourth-order valence-electron chi connectivity index (χ4n) is 1.54. The van der Waals surface area contributed by atoms with Crippen molar-refractivity contribution in [3.63, 3.8) is 0 Å². The predicted octanol–water partition coefficient (Wildman–Crippen LogP) is 3.69. The number of hydrogen-bond acceptors (Lipinski definition) is 1. The van der Waals surface area contributed by atoms with Crippen molar-refractivity contribution in [3.8, 4) is 0 Å². The van der Waals surface area contributed by atoms with Crippen LogP contribution in [0.15, 0.2) is 18.2 Å². The van der Waals surface area contributed by atoms with Crippen LogP contribution in [0.3, 0.4) is 0 Å². The Morgan fingerprint density at radius 1 is 1.25 bits per heavy atom. The van der Waals surface area contributed by atoms with Crippen molar-refractivity contribution in [2.45, 2.75) is 33.6 Å². The molecule has 0 N–H and O–H groups in total. The summed E-state index contributed by atoms with van der Waals surface area (Å²) in [6.45, 7) is 6.26. The maximum atomic E-state index is 13.2. The quantitative estimate of drug-likeness (QED) is 0.719. The molecule has 0 aliphatic rings. The van der Waals surface area contributed by atoms with Crippen molar-refractivity contribution < 1.29 is 4.39 Å². The molecular formula is C13H19FN2. The van der Waals surface area contributed by atoms with Crippen LogP contribution in [0.25, 0.3) is 11.0 Å². The average molecular weight is 222 g/mol. The number of aromatic nitrogens is 2. The Hall–Kier alpha value is -1.38. The van der Waals surface area contributed by atoms with Gasteiger partial charge in [0.2, 0.25) is 0 Å². The van der Waals surface area contributed by atoms with Crippen molar-refractivity contribution in [1.29, 1.82) is 0 Å². The van der Waals surface area contributed by atoms with Crippen LogP contribution in [0.4, 0.5) is 4.39 Å². The van der Waals surface area contributed by atoms with Gasteiger partial charge in [-0.2, -0.15) is 0 Å². The van der Waals surface area contributed by atoms with Crippen LogP contribution < -0.4 is 0 Å². The second kappa shape index (κ2) is 5.64. The molecular weight excluding hydrogens is 203 g/mol. The van der Waals surface area contributed by atoms with E-state index in [4.69, 9.17) is 0 Å². The van der Waals surface area contributed by atoms with Gasteiger partial charge in [-0.05, 0) is 12.1 Å². The molecule has 0 amide bonds. The summed E-state index contributed by atoms with van der Waals surface area (Å²) in [6, 6.07) is 5.03. The third kappa shape index (κ3) is 2.40. The summed E-state index contributed by atoms with van der Waals surface area (Å²) in [6.07, 6.45) is 2.07. The van der Waals surface area contributed by atoms with Crippen LogP contribution in [0.1, 0.15) is 33.0 Å². The van der Waals surface area contributed by atoms with Crippen LogP contribution in [-0.4, -0.2) is 9.55 Å². The lowest BCUT2D eigenvalue weighted by molar-refractivity contribution is 0.637. The number of para-hydroxylation sites is 1. The minimum Gasteiger partial charge on any atom is -0.331 e. The Labute approximate surface area is 96.1 Å². The van der Waals surface area contributed by atoms with E-state index in [1.165, 1.54) is 12.5 Å². The normalized spacial score (nSPS) is 10.1. The van der Waals surface area contributed by atoms with E-state index in [1.54, 1.807) is 6.07 Å². The molecule has 0 aliphatic heterocycles. The second-order valence-corrected chi connectivity index (χ2v) is 3.76. The van der Waals surface area contributed by atoms with Gasteiger partial charge >= 0.3 is 0 Å². The molecule has 1 aromatic heterocycles. The minimum atomic E-state index is -0.243. The molecule has 0 bridgehead atoms. The topological polar surface area (TPSA) is 17.8 Å². The molecule has 0 radical (unpaired) electrons. The maximum absolute atomic E-state index is 13.2. The molecule has 0 saturated carbocycles. The molecule has 2 aromatic rings. The number of fused-ring (bicyclic) bond motifs is 1. The van der Waals surface area contributed by atoms with Crippen molar-refractivity contribution >= 4 is 11.0 Å². The van der Waals surface area contributed by atoms with Crippen molar-refractivity contribution in [3.05, 3.63) is 29.8 Å². The Morgan fingerprint density at radius 2 is 1.88 bits per heavy atom. The lowest BCUT2D eigenvalue weighted by Crippen LogP contribution is -1.94. The van der Waals surface area contributed by atoms with E-state index in [0.717, 1.165) is 17.8 Å². The lowest BCUT2D eigenvalue weighted by atomic mass is 10.3. The number of rotatable bonds is 1. The zero-order chi connectivity index (χ0) is 12.1. The third-order valence-electron chi connectivity index (χ3n) is 2.27. The van der Waals surface area contributed by atoms with Gasteiger partial charge in [-0.1, -0.05) is 33.3 Å². The van der Waals surface area contributed by atoms with Crippen molar-refractivity contribution in [2.75, 3.05) is 0 Å². The van der Waals surface area contributed by atoms with Gasteiger partial charge < -0.3 is 4.57 Å². The Bertz CT molecular complexity index is 460. The molecule has 0 spiro atoms. The Morgan fingerprint density at radius 3 is 2.38 bits per heavy atom. The van der Waals surface area contributed by atoms with Crippen LogP contribution >= 0.6 is 0 Å². The molecule has 2 rings (SSSR count). The molecule has 16 heavy (non-hydrogen) atoms. The molecule has 1 aromatic carbocycles. The predicted molar refractivity (Wildman–Crippen MR) is 66.0 cm³/mol. The molecule has 88 valence electrons. The molecule has 0 unspecified atom stereocenters. The largest absolute Gasteiger partial charge is 0.331 e. The molecule has 3 heteroatoms. The van der Waals surface area contributed by atoms with Gasteiger partial charge in [0.1, 0.15) is 11.3 Å². The summed E-state index contributed by atoms with van der Waals surface area (Å²) >= 11 is 0. The first kappa shape index (κ1) is 12.7. The highest BCUT2D eigenvalue weighted by Crippen LogP contribution is 2.17. The highest BCUT2D eigenvalue weighted by Gasteiger charge is 2.08. The highest BCUT2D eigenvalue weighted by atomic mass is 19.1. The Kier molecular flexibility index (Phi) is 4.47. The molecule has 0 aliphatic carbocycles. The second-order valence-electron chi connectivity index (χ2n) is 3.76. The van der Waals surface area contributed by atoms with Crippen LogP contribution in [-0.2, 0) is 13.5 Å². The van der Waals surface area contributed by atoms with E-state index in [2.05, 4.69) is 18.8 Å². The number of aryl methyl sites for hydroxylation is 2. The van der Waals surface area contributed by atoms with E-state index in [-0.39, 0.29) is 5.82 Å². The van der Waals surface area contributed by atoms with Gasteiger partial charge in [-0.25, -0.2) is 9.37 Å². The number of hydrogen-bond donors (Lipinski definition) is 0. The van der Waals surface area contributed by atoms with Gasteiger partial charge in [-0.15, -0.1) is 0 Å². The first-order valence-corrected chi connectivity index (χ1v) is 5.75. The fourth-order valence-corrected chi connectivity index (χ4v) is 1.54. The zero-order valence-electron chi connectivity index (χ0n) is 10.4. The zero-order valence-corrected chi connectivity index (χ0v) is 10.4. The molecule has 1 heterocycles. The van der Waals surface area contributed by atoms with E-state index in [0.29, 0.717) is 5.52 Å². The number of halogens is 1. The van der Waals surface area contributed by atoms with Gasteiger partial charge in [0.15, 0.2) is 5.82 Å². The molecule has 0 atom stereocenters. The minimum absolute atomic E-state index is 0.243. The summed E-state index contributed by atoms with van der Waals surface area (Å²) < 4.78 is 15.2. The maximum Gasteiger partial charge on any atom is 0.151 e. The van der Waals surface area contributed by atoms with Gasteiger partial charge in [-0.3, -0.25) is 0 Å². The van der Waals surface area contributed by atoms with Gasteiger partial charge in [0.25, 0.3) is 0 Å². The van der Waals surface area contributed by atoms with Crippen LogP contribution in [0.2, 0.25) is 0 Å². The highest BCUT2D eigenvalue weighted by molar-refractivity contribution is 5.76. The van der Waals surface area contributed by atoms with Gasteiger partial charge in [0.05, 0.1) is 5.52 Å². The first-order valence-electron chi connectivity index (χ1n) is 5.75. The summed E-state index contributed by atoms with van der Waals surface area (Å²) in [7, 11) is 1.91. The number of imidazole rings is 1. The van der Waals surface area contributed by atoms with Crippen molar-refractivity contribution in [1.82, 2.24) is 9.55 Å². The van der Waals surface area contributed by atoms with E-state index in [9.17, 15) is 4.39 Å². The van der Waals surface area contributed by atoms with Crippen LogP contribution in [0, 0.1) is 5.82 Å². The van der Waals surface area contributed by atoms with Crippen LogP contribution in [0.5, 0.6) is 0 Å². The third-order valence-corrected chi connectivity index (χ3v) is 2.27.